The van der Waals surface area contributed by atoms with Crippen LogP contribution in [0.2, 0.25) is 0 Å². The Morgan fingerprint density at radius 3 is 3.00 bits per heavy atom. The van der Waals surface area contributed by atoms with Crippen LogP contribution in [0.4, 0.5) is 4.39 Å². The van der Waals surface area contributed by atoms with Crippen LogP contribution in [0.15, 0.2) is 16.6 Å². The van der Waals surface area contributed by atoms with Gasteiger partial charge in [-0.2, -0.15) is 0 Å². The third-order valence-corrected chi connectivity index (χ3v) is 2.53. The second kappa shape index (κ2) is 3.10. The fourth-order valence-electron chi connectivity index (χ4n) is 1.29. The Bertz CT molecular complexity index is 376. The molecule has 1 aromatic rings. The van der Waals surface area contributed by atoms with Gasteiger partial charge in [0.25, 0.3) is 0 Å². The average Bonchev–Trinajstić information content (AvgIpc) is 2.12. The molecular weight excluding hydrogens is 239 g/mol. The molecule has 0 atom stereocenters. The van der Waals surface area contributed by atoms with Crippen LogP contribution in [0.1, 0.15) is 16.8 Å². The van der Waals surface area contributed by atoms with Gasteiger partial charge in [0.2, 0.25) is 0 Å². The van der Waals surface area contributed by atoms with Crippen LogP contribution in [0.5, 0.6) is 5.75 Å². The molecule has 0 N–H and O–H groups in total. The van der Waals surface area contributed by atoms with Crippen LogP contribution >= 0.6 is 15.9 Å². The average molecular weight is 245 g/mol. The number of halogens is 2. The third-order valence-electron chi connectivity index (χ3n) is 1.92. The fraction of sp³-hybridized carbons (Fsp3) is 0.222. The van der Waals surface area contributed by atoms with Crippen molar-refractivity contribution in [2.24, 2.45) is 0 Å². The van der Waals surface area contributed by atoms with Crippen LogP contribution in [-0.4, -0.2) is 12.4 Å². The molecule has 0 fully saturated rings. The Morgan fingerprint density at radius 2 is 2.23 bits per heavy atom. The van der Waals surface area contributed by atoms with Crippen molar-refractivity contribution in [1.29, 1.82) is 0 Å². The first-order valence-electron chi connectivity index (χ1n) is 3.84. The van der Waals surface area contributed by atoms with Crippen molar-refractivity contribution in [2.45, 2.75) is 6.42 Å². The molecule has 68 valence electrons. The summed E-state index contributed by atoms with van der Waals surface area (Å²) in [5.41, 5.74) is 0.0700. The number of rotatable bonds is 0. The van der Waals surface area contributed by atoms with Gasteiger partial charge in [0.1, 0.15) is 5.75 Å². The summed E-state index contributed by atoms with van der Waals surface area (Å²) in [5.74, 6) is -0.376. The van der Waals surface area contributed by atoms with Crippen molar-refractivity contribution in [3.63, 3.8) is 0 Å². The SMILES string of the molecule is O=C1CCOc2ccc(Br)c(F)c21. The Labute approximate surface area is 82.8 Å². The van der Waals surface area contributed by atoms with Gasteiger partial charge in [-0.1, -0.05) is 0 Å². The van der Waals surface area contributed by atoms with Gasteiger partial charge in [0.05, 0.1) is 16.6 Å². The van der Waals surface area contributed by atoms with Crippen LogP contribution in [-0.2, 0) is 0 Å². The van der Waals surface area contributed by atoms with Crippen LogP contribution in [0.3, 0.4) is 0 Å². The van der Waals surface area contributed by atoms with Gasteiger partial charge < -0.3 is 4.74 Å². The largest absolute Gasteiger partial charge is 0.492 e. The number of Topliss-reactive ketones (excluding diaryl/α,β-unsaturated/α-hetero) is 1. The van der Waals surface area contributed by atoms with Gasteiger partial charge in [-0.05, 0) is 28.1 Å². The Kier molecular flexibility index (Phi) is 2.07. The van der Waals surface area contributed by atoms with Crippen molar-refractivity contribution in [3.05, 3.63) is 28.0 Å². The summed E-state index contributed by atoms with van der Waals surface area (Å²) in [5, 5.41) is 0. The minimum Gasteiger partial charge on any atom is -0.492 e. The van der Waals surface area contributed by atoms with Gasteiger partial charge in [0, 0.05) is 6.42 Å². The summed E-state index contributed by atoms with van der Waals surface area (Å²) in [4.78, 5) is 11.3. The smallest absolute Gasteiger partial charge is 0.173 e. The molecule has 0 unspecified atom stereocenters. The van der Waals surface area contributed by atoms with E-state index in [9.17, 15) is 9.18 Å². The standard InChI is InChI=1S/C9H6BrFO2/c10-5-1-2-7-8(9(5)11)6(12)3-4-13-7/h1-2H,3-4H2. The Morgan fingerprint density at radius 1 is 1.46 bits per heavy atom. The molecule has 0 aliphatic carbocycles. The molecule has 0 saturated carbocycles. The zero-order valence-corrected chi connectivity index (χ0v) is 8.23. The Hall–Kier alpha value is -0.900. The van der Waals surface area contributed by atoms with Gasteiger partial charge >= 0.3 is 0 Å². The van der Waals surface area contributed by atoms with E-state index in [2.05, 4.69) is 15.9 Å². The van der Waals surface area contributed by atoms with Crippen molar-refractivity contribution >= 4 is 21.7 Å². The van der Waals surface area contributed by atoms with E-state index in [0.29, 0.717) is 16.8 Å². The first-order valence-corrected chi connectivity index (χ1v) is 4.63. The van der Waals surface area contributed by atoms with E-state index in [-0.39, 0.29) is 17.8 Å². The normalized spacial score (nSPS) is 15.1. The van der Waals surface area contributed by atoms with Gasteiger partial charge in [-0.25, -0.2) is 4.39 Å². The van der Waals surface area contributed by atoms with E-state index in [1.165, 1.54) is 6.07 Å². The zero-order valence-electron chi connectivity index (χ0n) is 6.64. The maximum atomic E-state index is 13.4. The van der Waals surface area contributed by atoms with E-state index >= 15 is 0 Å². The lowest BCUT2D eigenvalue weighted by atomic mass is 10.0. The molecule has 1 heterocycles. The number of benzene rings is 1. The fourth-order valence-corrected chi connectivity index (χ4v) is 1.62. The molecule has 0 radical (unpaired) electrons. The molecule has 13 heavy (non-hydrogen) atoms. The molecule has 0 aromatic heterocycles. The summed E-state index contributed by atoms with van der Waals surface area (Å²) in [6.07, 6.45) is 0.250. The van der Waals surface area contributed by atoms with Crippen LogP contribution < -0.4 is 4.74 Å². The molecule has 1 aliphatic heterocycles. The maximum absolute atomic E-state index is 13.4. The summed E-state index contributed by atoms with van der Waals surface area (Å²) in [6.45, 7) is 0.340. The van der Waals surface area contributed by atoms with E-state index in [1.807, 2.05) is 0 Å². The molecular formula is C9H6BrFO2. The predicted molar refractivity (Wildman–Crippen MR) is 48.5 cm³/mol. The molecule has 0 amide bonds. The van der Waals surface area contributed by atoms with Gasteiger partial charge in [-0.3, -0.25) is 4.79 Å². The summed E-state index contributed by atoms with van der Waals surface area (Å²) in [6, 6.07) is 3.13. The molecule has 1 aromatic carbocycles. The molecule has 0 saturated heterocycles. The van der Waals surface area contributed by atoms with E-state index in [1.54, 1.807) is 6.07 Å². The van der Waals surface area contributed by atoms with Gasteiger partial charge in [0.15, 0.2) is 11.6 Å². The number of hydrogen-bond donors (Lipinski definition) is 0. The number of carbonyl (C=O) groups excluding carboxylic acids is 1. The quantitative estimate of drug-likeness (QED) is 0.702. The molecule has 2 rings (SSSR count). The number of ether oxygens (including phenoxy) is 1. The predicted octanol–water partition coefficient (Wildman–Crippen LogP) is 2.55. The van der Waals surface area contributed by atoms with Crippen molar-refractivity contribution < 1.29 is 13.9 Å². The molecule has 0 spiro atoms. The first-order chi connectivity index (χ1) is 6.20. The minimum atomic E-state index is -0.526. The third kappa shape index (κ3) is 1.35. The van der Waals surface area contributed by atoms with Crippen LogP contribution in [0.25, 0.3) is 0 Å². The van der Waals surface area contributed by atoms with Crippen molar-refractivity contribution in [2.75, 3.05) is 6.61 Å². The summed E-state index contributed by atoms with van der Waals surface area (Å²) >= 11 is 3.02. The number of ketones is 1. The molecule has 0 bridgehead atoms. The lowest BCUT2D eigenvalue weighted by molar-refractivity contribution is 0.0928. The highest BCUT2D eigenvalue weighted by Crippen LogP contribution is 2.31. The van der Waals surface area contributed by atoms with E-state index in [4.69, 9.17) is 4.74 Å². The topological polar surface area (TPSA) is 26.3 Å². The highest BCUT2D eigenvalue weighted by Gasteiger charge is 2.23. The minimum absolute atomic E-state index is 0.0700. The van der Waals surface area contributed by atoms with Crippen molar-refractivity contribution in [3.8, 4) is 5.75 Å². The lowest BCUT2D eigenvalue weighted by Crippen LogP contribution is -2.17. The molecule has 4 heteroatoms. The maximum Gasteiger partial charge on any atom is 0.173 e. The second-order valence-corrected chi connectivity index (χ2v) is 3.61. The summed E-state index contributed by atoms with van der Waals surface area (Å²) < 4.78 is 18.8. The lowest BCUT2D eigenvalue weighted by Gasteiger charge is -2.16. The Balaban J connectivity index is 2.65. The van der Waals surface area contributed by atoms with Gasteiger partial charge in [-0.15, -0.1) is 0 Å². The number of carbonyl (C=O) groups is 1. The molecule has 1 aliphatic rings. The van der Waals surface area contributed by atoms with Crippen molar-refractivity contribution in [1.82, 2.24) is 0 Å². The number of fused-ring (bicyclic) bond motifs is 1. The summed E-state index contributed by atoms with van der Waals surface area (Å²) in [7, 11) is 0. The monoisotopic (exact) mass is 244 g/mol. The number of hydrogen-bond acceptors (Lipinski definition) is 2. The van der Waals surface area contributed by atoms with E-state index < -0.39 is 5.82 Å². The second-order valence-electron chi connectivity index (χ2n) is 2.76. The zero-order chi connectivity index (χ0) is 9.42. The van der Waals surface area contributed by atoms with E-state index in [0.717, 1.165) is 0 Å². The highest BCUT2D eigenvalue weighted by atomic mass is 79.9. The van der Waals surface area contributed by atoms with Crippen LogP contribution in [0, 0.1) is 5.82 Å². The highest BCUT2D eigenvalue weighted by molar-refractivity contribution is 9.10. The molecule has 2 nitrogen and oxygen atoms in total. The first kappa shape index (κ1) is 8.69.